The monoisotopic (exact) mass is 326 g/mol. The van der Waals surface area contributed by atoms with Gasteiger partial charge in [0.2, 0.25) is 0 Å². The number of imidazole rings is 1. The molecule has 0 saturated heterocycles. The van der Waals surface area contributed by atoms with E-state index in [1.165, 1.54) is 4.57 Å². The molecular formula is C15H10Cl2F2N2. The van der Waals surface area contributed by atoms with Crippen LogP contribution in [-0.2, 0) is 0 Å². The molecule has 108 valence electrons. The van der Waals surface area contributed by atoms with Crippen LogP contribution in [0.1, 0.15) is 18.1 Å². The van der Waals surface area contributed by atoms with Crippen molar-refractivity contribution in [2.24, 2.45) is 0 Å². The maximum atomic E-state index is 14.1. The lowest BCUT2D eigenvalue weighted by Crippen LogP contribution is -2.05. The van der Waals surface area contributed by atoms with Crippen LogP contribution in [0.5, 0.6) is 0 Å². The van der Waals surface area contributed by atoms with Crippen molar-refractivity contribution >= 4 is 34.2 Å². The Labute approximate surface area is 129 Å². The van der Waals surface area contributed by atoms with Crippen molar-refractivity contribution < 1.29 is 8.78 Å². The van der Waals surface area contributed by atoms with Crippen LogP contribution in [0.2, 0.25) is 5.02 Å². The molecule has 0 amide bonds. The number of benzene rings is 2. The fourth-order valence-electron chi connectivity index (χ4n) is 2.27. The molecule has 0 aliphatic carbocycles. The SMILES string of the molecule is CC(Cl)c1nc2cccc(Cl)c2n1-c1cc(F)ccc1F. The Hall–Kier alpha value is -1.65. The van der Waals surface area contributed by atoms with E-state index in [0.29, 0.717) is 21.9 Å². The number of para-hydroxylation sites is 1. The van der Waals surface area contributed by atoms with Gasteiger partial charge in [-0.05, 0) is 31.2 Å². The van der Waals surface area contributed by atoms with Gasteiger partial charge in [-0.25, -0.2) is 13.8 Å². The lowest BCUT2D eigenvalue weighted by molar-refractivity contribution is 0.591. The number of alkyl halides is 1. The van der Waals surface area contributed by atoms with E-state index in [1.807, 2.05) is 0 Å². The van der Waals surface area contributed by atoms with Gasteiger partial charge >= 0.3 is 0 Å². The first-order valence-corrected chi connectivity index (χ1v) is 7.07. The first kappa shape index (κ1) is 14.3. The van der Waals surface area contributed by atoms with Crippen molar-refractivity contribution in [3.8, 4) is 5.69 Å². The summed E-state index contributed by atoms with van der Waals surface area (Å²) in [4.78, 5) is 4.38. The molecule has 0 N–H and O–H groups in total. The highest BCUT2D eigenvalue weighted by Gasteiger charge is 2.20. The van der Waals surface area contributed by atoms with Gasteiger partial charge in [0.25, 0.3) is 0 Å². The molecule has 0 radical (unpaired) electrons. The fraction of sp³-hybridized carbons (Fsp3) is 0.133. The van der Waals surface area contributed by atoms with E-state index in [0.717, 1.165) is 18.2 Å². The van der Waals surface area contributed by atoms with Gasteiger partial charge in [-0.2, -0.15) is 0 Å². The van der Waals surface area contributed by atoms with Crippen molar-refractivity contribution in [1.82, 2.24) is 9.55 Å². The van der Waals surface area contributed by atoms with E-state index in [9.17, 15) is 8.78 Å². The topological polar surface area (TPSA) is 17.8 Å². The van der Waals surface area contributed by atoms with Gasteiger partial charge in [0.1, 0.15) is 17.5 Å². The first-order chi connectivity index (χ1) is 9.99. The number of fused-ring (bicyclic) bond motifs is 1. The molecule has 1 heterocycles. The number of halogens is 4. The number of aromatic nitrogens is 2. The number of hydrogen-bond donors (Lipinski definition) is 0. The Morgan fingerprint density at radius 3 is 2.67 bits per heavy atom. The summed E-state index contributed by atoms with van der Waals surface area (Å²) in [6.45, 7) is 1.71. The molecule has 0 aliphatic rings. The molecule has 1 atom stereocenters. The molecule has 2 aromatic carbocycles. The predicted molar refractivity (Wildman–Crippen MR) is 80.3 cm³/mol. The molecule has 0 saturated carbocycles. The molecule has 0 fully saturated rings. The van der Waals surface area contributed by atoms with E-state index in [2.05, 4.69) is 4.98 Å². The highest BCUT2D eigenvalue weighted by Crippen LogP contribution is 2.33. The molecule has 2 nitrogen and oxygen atoms in total. The normalized spacial score (nSPS) is 12.8. The fourth-order valence-corrected chi connectivity index (χ4v) is 2.67. The van der Waals surface area contributed by atoms with E-state index in [-0.39, 0.29) is 5.69 Å². The summed E-state index contributed by atoms with van der Waals surface area (Å²) in [7, 11) is 0. The lowest BCUT2D eigenvalue weighted by atomic mass is 10.2. The van der Waals surface area contributed by atoms with Gasteiger partial charge in [-0.3, -0.25) is 4.57 Å². The Morgan fingerprint density at radius 2 is 1.95 bits per heavy atom. The predicted octanol–water partition coefficient (Wildman–Crippen LogP) is 5.26. The van der Waals surface area contributed by atoms with E-state index in [4.69, 9.17) is 23.2 Å². The van der Waals surface area contributed by atoms with E-state index in [1.54, 1.807) is 25.1 Å². The maximum Gasteiger partial charge on any atom is 0.147 e. The summed E-state index contributed by atoms with van der Waals surface area (Å²) in [5.74, 6) is -0.716. The summed E-state index contributed by atoms with van der Waals surface area (Å²) >= 11 is 12.3. The Kier molecular flexibility index (Phi) is 3.59. The molecule has 1 unspecified atom stereocenters. The minimum Gasteiger partial charge on any atom is -0.290 e. The van der Waals surface area contributed by atoms with Gasteiger partial charge in [-0.1, -0.05) is 17.7 Å². The lowest BCUT2D eigenvalue weighted by Gasteiger charge is -2.12. The molecule has 3 aromatic rings. The summed E-state index contributed by atoms with van der Waals surface area (Å²) < 4.78 is 29.1. The minimum atomic E-state index is -0.575. The third-order valence-electron chi connectivity index (χ3n) is 3.16. The Balaban J connectivity index is 2.44. The van der Waals surface area contributed by atoms with E-state index < -0.39 is 17.0 Å². The number of nitrogens with zero attached hydrogens (tertiary/aromatic N) is 2. The van der Waals surface area contributed by atoms with Gasteiger partial charge in [-0.15, -0.1) is 11.6 Å². The Morgan fingerprint density at radius 1 is 1.19 bits per heavy atom. The summed E-state index contributed by atoms with van der Waals surface area (Å²) in [6, 6.07) is 8.38. The zero-order chi connectivity index (χ0) is 15.1. The quantitative estimate of drug-likeness (QED) is 0.587. The summed E-state index contributed by atoms with van der Waals surface area (Å²) in [5, 5.41) is -0.0941. The number of rotatable bonds is 2. The molecular weight excluding hydrogens is 317 g/mol. The second-order valence-corrected chi connectivity index (χ2v) is 5.69. The van der Waals surface area contributed by atoms with Crippen LogP contribution in [0, 0.1) is 11.6 Å². The average Bonchev–Trinajstić information content (AvgIpc) is 2.82. The second kappa shape index (κ2) is 5.28. The van der Waals surface area contributed by atoms with Crippen LogP contribution < -0.4 is 0 Å². The van der Waals surface area contributed by atoms with Crippen LogP contribution in [0.25, 0.3) is 16.7 Å². The van der Waals surface area contributed by atoms with Crippen molar-refractivity contribution in [1.29, 1.82) is 0 Å². The van der Waals surface area contributed by atoms with Crippen molar-refractivity contribution in [2.45, 2.75) is 12.3 Å². The third-order valence-corrected chi connectivity index (χ3v) is 3.66. The third kappa shape index (κ3) is 2.39. The zero-order valence-electron chi connectivity index (χ0n) is 10.9. The van der Waals surface area contributed by atoms with Crippen molar-refractivity contribution in [2.75, 3.05) is 0 Å². The smallest absolute Gasteiger partial charge is 0.147 e. The van der Waals surface area contributed by atoms with Gasteiger partial charge < -0.3 is 0 Å². The van der Waals surface area contributed by atoms with Crippen LogP contribution in [0.4, 0.5) is 8.78 Å². The summed E-state index contributed by atoms with van der Waals surface area (Å²) in [5.41, 5.74) is 1.12. The minimum absolute atomic E-state index is 0.0353. The highest BCUT2D eigenvalue weighted by molar-refractivity contribution is 6.35. The highest BCUT2D eigenvalue weighted by atomic mass is 35.5. The Bertz CT molecular complexity index is 828. The van der Waals surface area contributed by atoms with Crippen LogP contribution in [0.3, 0.4) is 0 Å². The molecule has 6 heteroatoms. The van der Waals surface area contributed by atoms with Crippen LogP contribution >= 0.6 is 23.2 Å². The van der Waals surface area contributed by atoms with Crippen molar-refractivity contribution in [3.63, 3.8) is 0 Å². The maximum absolute atomic E-state index is 14.1. The molecule has 1 aromatic heterocycles. The van der Waals surface area contributed by atoms with Gasteiger partial charge in [0.05, 0.1) is 27.1 Å². The molecule has 0 aliphatic heterocycles. The van der Waals surface area contributed by atoms with Crippen molar-refractivity contribution in [3.05, 3.63) is 58.9 Å². The summed E-state index contributed by atoms with van der Waals surface area (Å²) in [6.07, 6.45) is 0. The van der Waals surface area contributed by atoms with E-state index >= 15 is 0 Å². The molecule has 21 heavy (non-hydrogen) atoms. The second-order valence-electron chi connectivity index (χ2n) is 4.62. The number of hydrogen-bond acceptors (Lipinski definition) is 1. The zero-order valence-corrected chi connectivity index (χ0v) is 12.5. The average molecular weight is 327 g/mol. The van der Waals surface area contributed by atoms with Gasteiger partial charge in [0.15, 0.2) is 0 Å². The molecule has 3 rings (SSSR count). The van der Waals surface area contributed by atoms with Crippen LogP contribution in [-0.4, -0.2) is 9.55 Å². The molecule has 0 spiro atoms. The standard InChI is InChI=1S/C15H10Cl2F2N2/c1-8(16)15-20-12-4-2-3-10(17)14(12)21(15)13-7-9(18)5-6-11(13)19/h2-8H,1H3. The van der Waals surface area contributed by atoms with Gasteiger partial charge in [0, 0.05) is 6.07 Å². The largest absolute Gasteiger partial charge is 0.290 e. The van der Waals surface area contributed by atoms with Crippen LogP contribution in [0.15, 0.2) is 36.4 Å². The first-order valence-electron chi connectivity index (χ1n) is 6.25. The molecule has 0 bridgehead atoms.